The topological polar surface area (TPSA) is 35.8 Å². The molecule has 0 bridgehead atoms. The van der Waals surface area contributed by atoms with Crippen LogP contribution in [0.4, 0.5) is 5.69 Å². The lowest BCUT2D eigenvalue weighted by Crippen LogP contribution is -2.10. The smallest absolute Gasteiger partial charge is 0.0992 e. The van der Waals surface area contributed by atoms with Gasteiger partial charge < -0.3 is 5.32 Å². The van der Waals surface area contributed by atoms with Gasteiger partial charge in [0.2, 0.25) is 0 Å². The van der Waals surface area contributed by atoms with Crippen molar-refractivity contribution in [3.63, 3.8) is 0 Å². The number of nitrogens with one attached hydrogen (secondary N) is 1. The zero-order valence-electron chi connectivity index (χ0n) is 9.05. The average Bonchev–Trinajstić information content (AvgIpc) is 2.27. The first-order valence-electron chi connectivity index (χ1n) is 5.11. The van der Waals surface area contributed by atoms with Gasteiger partial charge in [0.1, 0.15) is 0 Å². The molecule has 0 fully saturated rings. The van der Waals surface area contributed by atoms with E-state index in [1.165, 1.54) is 0 Å². The molecule has 1 unspecified atom stereocenters. The van der Waals surface area contributed by atoms with Gasteiger partial charge in [-0.15, -0.1) is 0 Å². The fourth-order valence-corrected chi connectivity index (χ4v) is 1.34. The molecule has 0 aromatic heterocycles. The van der Waals surface area contributed by atoms with Gasteiger partial charge in [0, 0.05) is 6.54 Å². The summed E-state index contributed by atoms with van der Waals surface area (Å²) >= 11 is 6.01. The molecule has 15 heavy (non-hydrogen) atoms. The molecule has 1 rings (SSSR count). The standard InChI is InChI=1S/C12H15ClN2/c1-3-9(2)8-15-12-6-10(7-14)4-5-11(12)13/h4-6,9,15H,3,8H2,1-2H3. The normalized spacial score (nSPS) is 11.9. The van der Waals surface area contributed by atoms with Crippen LogP contribution < -0.4 is 5.32 Å². The molecule has 1 aromatic rings. The first kappa shape index (κ1) is 11.9. The lowest BCUT2D eigenvalue weighted by Gasteiger charge is -2.12. The quantitative estimate of drug-likeness (QED) is 0.844. The Kier molecular flexibility index (Phi) is 4.45. The van der Waals surface area contributed by atoms with Crippen molar-refractivity contribution in [1.82, 2.24) is 0 Å². The molecule has 0 saturated heterocycles. The number of hydrogen-bond donors (Lipinski definition) is 1. The van der Waals surface area contributed by atoms with Gasteiger partial charge >= 0.3 is 0 Å². The van der Waals surface area contributed by atoms with E-state index in [0.29, 0.717) is 16.5 Å². The lowest BCUT2D eigenvalue weighted by atomic mass is 10.1. The van der Waals surface area contributed by atoms with E-state index in [9.17, 15) is 0 Å². The molecule has 0 amide bonds. The molecule has 0 aliphatic carbocycles. The van der Waals surface area contributed by atoms with Crippen molar-refractivity contribution in [2.24, 2.45) is 5.92 Å². The van der Waals surface area contributed by atoms with Crippen LogP contribution in [0.3, 0.4) is 0 Å². The second-order valence-electron chi connectivity index (χ2n) is 3.70. The van der Waals surface area contributed by atoms with Crippen molar-refractivity contribution in [2.75, 3.05) is 11.9 Å². The van der Waals surface area contributed by atoms with Crippen LogP contribution >= 0.6 is 11.6 Å². The third-order valence-corrected chi connectivity index (χ3v) is 2.76. The first-order chi connectivity index (χ1) is 7.17. The van der Waals surface area contributed by atoms with E-state index < -0.39 is 0 Å². The summed E-state index contributed by atoms with van der Waals surface area (Å²) < 4.78 is 0. The number of anilines is 1. The highest BCUT2D eigenvalue weighted by Crippen LogP contribution is 2.23. The molecule has 80 valence electrons. The molecule has 0 saturated carbocycles. The largest absolute Gasteiger partial charge is 0.384 e. The van der Waals surface area contributed by atoms with Crippen LogP contribution in [0.2, 0.25) is 5.02 Å². The van der Waals surface area contributed by atoms with E-state index in [2.05, 4.69) is 25.2 Å². The minimum absolute atomic E-state index is 0.604. The summed E-state index contributed by atoms with van der Waals surface area (Å²) in [6, 6.07) is 7.35. The number of rotatable bonds is 4. The molecular weight excluding hydrogens is 208 g/mol. The predicted octanol–water partition coefficient (Wildman–Crippen LogP) is 3.67. The maximum Gasteiger partial charge on any atom is 0.0992 e. The van der Waals surface area contributed by atoms with E-state index in [1.807, 2.05) is 0 Å². The van der Waals surface area contributed by atoms with Crippen molar-refractivity contribution in [1.29, 1.82) is 5.26 Å². The summed E-state index contributed by atoms with van der Waals surface area (Å²) in [5, 5.41) is 12.7. The van der Waals surface area contributed by atoms with Gasteiger partial charge in [-0.3, -0.25) is 0 Å². The van der Waals surface area contributed by atoms with Crippen LogP contribution in [-0.2, 0) is 0 Å². The van der Waals surface area contributed by atoms with Crippen LogP contribution in [0, 0.1) is 17.2 Å². The van der Waals surface area contributed by atoms with Crippen molar-refractivity contribution in [3.8, 4) is 6.07 Å². The number of halogens is 1. The maximum absolute atomic E-state index is 8.76. The van der Waals surface area contributed by atoms with Crippen molar-refractivity contribution >= 4 is 17.3 Å². The molecule has 1 N–H and O–H groups in total. The highest BCUT2D eigenvalue weighted by Gasteiger charge is 2.03. The SMILES string of the molecule is CCC(C)CNc1cc(C#N)ccc1Cl. The Morgan fingerprint density at radius 1 is 1.53 bits per heavy atom. The van der Waals surface area contributed by atoms with Crippen LogP contribution in [0.1, 0.15) is 25.8 Å². The second kappa shape index (κ2) is 5.63. The summed E-state index contributed by atoms with van der Waals surface area (Å²) in [4.78, 5) is 0. The van der Waals surface area contributed by atoms with E-state index in [1.54, 1.807) is 18.2 Å². The average molecular weight is 223 g/mol. The molecule has 0 heterocycles. The molecule has 3 heteroatoms. The van der Waals surface area contributed by atoms with Gasteiger partial charge in [0.05, 0.1) is 22.3 Å². The third-order valence-electron chi connectivity index (χ3n) is 2.43. The summed E-state index contributed by atoms with van der Waals surface area (Å²) in [6.07, 6.45) is 1.13. The Bertz CT molecular complexity index is 368. The Balaban J connectivity index is 2.72. The summed E-state index contributed by atoms with van der Waals surface area (Å²) in [5.74, 6) is 0.604. The molecule has 0 spiro atoms. The number of nitriles is 1. The van der Waals surface area contributed by atoms with Crippen LogP contribution in [0.15, 0.2) is 18.2 Å². The van der Waals surface area contributed by atoms with E-state index in [-0.39, 0.29) is 0 Å². The molecular formula is C12H15ClN2. The van der Waals surface area contributed by atoms with Crippen molar-refractivity contribution in [3.05, 3.63) is 28.8 Å². The zero-order valence-corrected chi connectivity index (χ0v) is 9.80. The van der Waals surface area contributed by atoms with Crippen LogP contribution in [0.5, 0.6) is 0 Å². The molecule has 0 aliphatic heterocycles. The molecule has 0 aliphatic rings. The number of nitrogens with zero attached hydrogens (tertiary/aromatic N) is 1. The minimum atomic E-state index is 0.604. The monoisotopic (exact) mass is 222 g/mol. The number of benzene rings is 1. The zero-order chi connectivity index (χ0) is 11.3. The second-order valence-corrected chi connectivity index (χ2v) is 4.11. The summed E-state index contributed by atoms with van der Waals surface area (Å²) in [5.41, 5.74) is 1.47. The summed E-state index contributed by atoms with van der Waals surface area (Å²) in [7, 11) is 0. The van der Waals surface area contributed by atoms with Crippen molar-refractivity contribution < 1.29 is 0 Å². The van der Waals surface area contributed by atoms with Crippen molar-refractivity contribution in [2.45, 2.75) is 20.3 Å². The first-order valence-corrected chi connectivity index (χ1v) is 5.48. The summed E-state index contributed by atoms with van der Waals surface area (Å²) in [6.45, 7) is 5.21. The lowest BCUT2D eigenvalue weighted by molar-refractivity contribution is 0.593. The van der Waals surface area contributed by atoms with Gasteiger partial charge in [0.25, 0.3) is 0 Å². The minimum Gasteiger partial charge on any atom is -0.384 e. The Hall–Kier alpha value is -1.20. The maximum atomic E-state index is 8.76. The van der Waals surface area contributed by atoms with Gasteiger partial charge in [0.15, 0.2) is 0 Å². The molecule has 0 radical (unpaired) electrons. The van der Waals surface area contributed by atoms with Gasteiger partial charge in [-0.05, 0) is 24.1 Å². The Morgan fingerprint density at radius 3 is 2.87 bits per heavy atom. The van der Waals surface area contributed by atoms with E-state index in [4.69, 9.17) is 16.9 Å². The van der Waals surface area contributed by atoms with Crippen LogP contribution in [-0.4, -0.2) is 6.54 Å². The fraction of sp³-hybridized carbons (Fsp3) is 0.417. The Labute approximate surface area is 95.9 Å². The van der Waals surface area contributed by atoms with Crippen LogP contribution in [0.25, 0.3) is 0 Å². The Morgan fingerprint density at radius 2 is 2.27 bits per heavy atom. The number of hydrogen-bond acceptors (Lipinski definition) is 2. The van der Waals surface area contributed by atoms with Gasteiger partial charge in [-0.2, -0.15) is 5.26 Å². The van der Waals surface area contributed by atoms with E-state index >= 15 is 0 Å². The highest BCUT2D eigenvalue weighted by atomic mass is 35.5. The van der Waals surface area contributed by atoms with Gasteiger partial charge in [-0.1, -0.05) is 31.9 Å². The third kappa shape index (κ3) is 3.45. The fourth-order valence-electron chi connectivity index (χ4n) is 1.16. The molecule has 2 nitrogen and oxygen atoms in total. The predicted molar refractivity (Wildman–Crippen MR) is 64.1 cm³/mol. The highest BCUT2D eigenvalue weighted by molar-refractivity contribution is 6.33. The van der Waals surface area contributed by atoms with Gasteiger partial charge in [-0.25, -0.2) is 0 Å². The van der Waals surface area contributed by atoms with E-state index in [0.717, 1.165) is 18.7 Å². The molecule has 1 aromatic carbocycles. The molecule has 1 atom stereocenters.